The van der Waals surface area contributed by atoms with Crippen molar-refractivity contribution in [2.75, 3.05) is 5.32 Å². The van der Waals surface area contributed by atoms with Gasteiger partial charge in [-0.2, -0.15) is 18.3 Å². The molecule has 0 radical (unpaired) electrons. The van der Waals surface area contributed by atoms with Crippen LogP contribution >= 0.6 is 12.2 Å². The standard InChI is InChI=1S/C14H15F3N4S/c1-9-10(8-19-21(9)2)7-18-13(22)20-12-6-4-3-5-11(12)14(15,16)17/h3-6,8H,7H2,1-2H3,(H2,18,20,22). The van der Waals surface area contributed by atoms with E-state index in [1.165, 1.54) is 18.2 Å². The monoisotopic (exact) mass is 328 g/mol. The van der Waals surface area contributed by atoms with E-state index in [0.717, 1.165) is 17.3 Å². The minimum Gasteiger partial charge on any atom is -0.358 e. The Kier molecular flexibility index (Phi) is 4.70. The third kappa shape index (κ3) is 3.76. The summed E-state index contributed by atoms with van der Waals surface area (Å²) in [6.45, 7) is 2.29. The van der Waals surface area contributed by atoms with Gasteiger partial charge >= 0.3 is 6.18 Å². The number of thiocarbonyl (C=S) groups is 1. The minimum absolute atomic E-state index is 0.0737. The second kappa shape index (κ2) is 6.35. The van der Waals surface area contributed by atoms with Crippen molar-refractivity contribution < 1.29 is 13.2 Å². The van der Waals surface area contributed by atoms with Gasteiger partial charge in [0.05, 0.1) is 17.4 Å². The van der Waals surface area contributed by atoms with E-state index < -0.39 is 11.7 Å². The zero-order valence-electron chi connectivity index (χ0n) is 12.0. The predicted octanol–water partition coefficient (Wildman–Crippen LogP) is 3.23. The molecule has 2 N–H and O–H groups in total. The van der Waals surface area contributed by atoms with Crippen LogP contribution in [-0.2, 0) is 19.8 Å². The van der Waals surface area contributed by atoms with Crippen LogP contribution in [0.2, 0.25) is 0 Å². The van der Waals surface area contributed by atoms with E-state index in [4.69, 9.17) is 12.2 Å². The first-order valence-corrected chi connectivity index (χ1v) is 6.88. The molecule has 0 fully saturated rings. The summed E-state index contributed by atoms with van der Waals surface area (Å²) in [6.07, 6.45) is -2.74. The highest BCUT2D eigenvalue weighted by Crippen LogP contribution is 2.34. The number of aryl methyl sites for hydroxylation is 1. The Morgan fingerprint density at radius 2 is 2.00 bits per heavy atom. The Morgan fingerprint density at radius 3 is 2.59 bits per heavy atom. The number of benzene rings is 1. The summed E-state index contributed by atoms with van der Waals surface area (Å²) >= 11 is 5.05. The molecule has 0 saturated heterocycles. The van der Waals surface area contributed by atoms with E-state index in [9.17, 15) is 13.2 Å². The normalized spacial score (nSPS) is 11.3. The van der Waals surface area contributed by atoms with E-state index in [0.29, 0.717) is 6.54 Å². The number of rotatable bonds is 3. The molecule has 4 nitrogen and oxygen atoms in total. The molecule has 0 aliphatic heterocycles. The molecule has 0 aliphatic carbocycles. The van der Waals surface area contributed by atoms with Gasteiger partial charge in [0.1, 0.15) is 0 Å². The lowest BCUT2D eigenvalue weighted by Gasteiger charge is -2.15. The summed E-state index contributed by atoms with van der Waals surface area (Å²) in [5, 5.41) is 9.68. The Balaban J connectivity index is 2.03. The first-order chi connectivity index (χ1) is 10.3. The fourth-order valence-electron chi connectivity index (χ4n) is 1.90. The fraction of sp³-hybridized carbons (Fsp3) is 0.286. The van der Waals surface area contributed by atoms with Crippen LogP contribution in [0.25, 0.3) is 0 Å². The average Bonchev–Trinajstić information content (AvgIpc) is 2.76. The first-order valence-electron chi connectivity index (χ1n) is 6.47. The molecule has 8 heteroatoms. The molecule has 1 heterocycles. The van der Waals surface area contributed by atoms with Crippen LogP contribution in [-0.4, -0.2) is 14.9 Å². The summed E-state index contributed by atoms with van der Waals surface area (Å²) in [5.74, 6) is 0. The van der Waals surface area contributed by atoms with Gasteiger partial charge in [-0.1, -0.05) is 12.1 Å². The molecule has 0 atom stereocenters. The highest BCUT2D eigenvalue weighted by molar-refractivity contribution is 7.80. The van der Waals surface area contributed by atoms with Gasteiger partial charge in [-0.25, -0.2) is 0 Å². The number of nitrogens with zero attached hydrogens (tertiary/aromatic N) is 2. The van der Waals surface area contributed by atoms with Crippen LogP contribution < -0.4 is 10.6 Å². The molecule has 2 rings (SSSR count). The van der Waals surface area contributed by atoms with Gasteiger partial charge in [0, 0.05) is 24.8 Å². The second-order valence-corrected chi connectivity index (χ2v) is 5.14. The van der Waals surface area contributed by atoms with Gasteiger partial charge in [0.2, 0.25) is 0 Å². The van der Waals surface area contributed by atoms with E-state index in [1.807, 2.05) is 14.0 Å². The van der Waals surface area contributed by atoms with Gasteiger partial charge in [0.25, 0.3) is 0 Å². The van der Waals surface area contributed by atoms with Gasteiger partial charge in [-0.3, -0.25) is 4.68 Å². The maximum absolute atomic E-state index is 12.9. The highest BCUT2D eigenvalue weighted by atomic mass is 32.1. The van der Waals surface area contributed by atoms with Crippen molar-refractivity contribution in [3.8, 4) is 0 Å². The van der Waals surface area contributed by atoms with Crippen molar-refractivity contribution in [1.82, 2.24) is 15.1 Å². The SMILES string of the molecule is Cc1c(CNC(=S)Nc2ccccc2C(F)(F)F)cnn1C. The van der Waals surface area contributed by atoms with Crippen LogP contribution in [0.5, 0.6) is 0 Å². The fourth-order valence-corrected chi connectivity index (χ4v) is 2.08. The smallest absolute Gasteiger partial charge is 0.358 e. The molecule has 0 saturated carbocycles. The van der Waals surface area contributed by atoms with Gasteiger partial charge in [-0.15, -0.1) is 0 Å². The van der Waals surface area contributed by atoms with Crippen LogP contribution in [0.15, 0.2) is 30.5 Å². The quantitative estimate of drug-likeness (QED) is 0.849. The molecule has 0 spiro atoms. The molecule has 0 bridgehead atoms. The van der Waals surface area contributed by atoms with Crippen molar-refractivity contribution in [2.45, 2.75) is 19.6 Å². The predicted molar refractivity (Wildman–Crippen MR) is 82.4 cm³/mol. The molecule has 0 aliphatic rings. The molecule has 0 amide bonds. The minimum atomic E-state index is -4.43. The number of para-hydroxylation sites is 1. The Morgan fingerprint density at radius 1 is 1.32 bits per heavy atom. The molecule has 1 aromatic carbocycles. The second-order valence-electron chi connectivity index (χ2n) is 4.73. The van der Waals surface area contributed by atoms with E-state index in [-0.39, 0.29) is 10.8 Å². The topological polar surface area (TPSA) is 41.9 Å². The Bertz CT molecular complexity index is 679. The number of anilines is 1. The van der Waals surface area contributed by atoms with E-state index in [2.05, 4.69) is 15.7 Å². The number of halogens is 3. The zero-order chi connectivity index (χ0) is 16.3. The Hall–Kier alpha value is -2.09. The Labute approximate surface area is 131 Å². The van der Waals surface area contributed by atoms with Crippen molar-refractivity contribution in [3.63, 3.8) is 0 Å². The zero-order valence-corrected chi connectivity index (χ0v) is 12.8. The number of hydrogen-bond donors (Lipinski definition) is 2. The third-order valence-corrected chi connectivity index (χ3v) is 3.50. The van der Waals surface area contributed by atoms with Crippen LogP contribution in [0, 0.1) is 6.92 Å². The largest absolute Gasteiger partial charge is 0.418 e. The highest BCUT2D eigenvalue weighted by Gasteiger charge is 2.33. The van der Waals surface area contributed by atoms with Gasteiger partial charge in [-0.05, 0) is 31.3 Å². The molecule has 22 heavy (non-hydrogen) atoms. The number of hydrogen-bond acceptors (Lipinski definition) is 2. The summed E-state index contributed by atoms with van der Waals surface area (Å²) in [7, 11) is 1.81. The number of aromatic nitrogens is 2. The van der Waals surface area contributed by atoms with E-state index in [1.54, 1.807) is 10.9 Å². The third-order valence-electron chi connectivity index (χ3n) is 3.26. The maximum Gasteiger partial charge on any atom is 0.418 e. The molecular formula is C14H15F3N4S. The maximum atomic E-state index is 12.9. The molecular weight excluding hydrogens is 313 g/mol. The average molecular weight is 328 g/mol. The lowest BCUT2D eigenvalue weighted by atomic mass is 10.1. The van der Waals surface area contributed by atoms with Crippen molar-refractivity contribution in [1.29, 1.82) is 0 Å². The summed E-state index contributed by atoms with van der Waals surface area (Å²) < 4.78 is 40.4. The molecule has 118 valence electrons. The first kappa shape index (κ1) is 16.3. The van der Waals surface area contributed by atoms with Crippen molar-refractivity contribution >= 4 is 23.0 Å². The molecule has 2 aromatic rings. The summed E-state index contributed by atoms with van der Waals surface area (Å²) in [6, 6.07) is 5.21. The summed E-state index contributed by atoms with van der Waals surface area (Å²) in [5.41, 5.74) is 1.06. The molecule has 1 aromatic heterocycles. The number of nitrogens with one attached hydrogen (secondary N) is 2. The van der Waals surface area contributed by atoms with E-state index >= 15 is 0 Å². The van der Waals surface area contributed by atoms with Crippen molar-refractivity contribution in [3.05, 3.63) is 47.3 Å². The molecule has 0 unspecified atom stereocenters. The van der Waals surface area contributed by atoms with Gasteiger partial charge < -0.3 is 10.6 Å². The summed E-state index contributed by atoms with van der Waals surface area (Å²) in [4.78, 5) is 0. The van der Waals surface area contributed by atoms with Gasteiger partial charge in [0.15, 0.2) is 5.11 Å². The van der Waals surface area contributed by atoms with Crippen LogP contribution in [0.4, 0.5) is 18.9 Å². The van der Waals surface area contributed by atoms with Crippen LogP contribution in [0.3, 0.4) is 0 Å². The number of alkyl halides is 3. The lowest BCUT2D eigenvalue weighted by molar-refractivity contribution is -0.136. The lowest BCUT2D eigenvalue weighted by Crippen LogP contribution is -2.29. The van der Waals surface area contributed by atoms with Crippen molar-refractivity contribution in [2.24, 2.45) is 7.05 Å². The van der Waals surface area contributed by atoms with Crippen LogP contribution in [0.1, 0.15) is 16.8 Å².